The van der Waals surface area contributed by atoms with Crippen molar-refractivity contribution in [2.45, 2.75) is 33.2 Å². The van der Waals surface area contributed by atoms with E-state index >= 15 is 0 Å². The molecule has 39 heavy (non-hydrogen) atoms. The van der Waals surface area contributed by atoms with Crippen LogP contribution < -0.4 is 19.6 Å². The van der Waals surface area contributed by atoms with Crippen molar-refractivity contribution in [3.05, 3.63) is 92.3 Å². The molecule has 8 heteroatoms. The lowest BCUT2D eigenvalue weighted by molar-refractivity contribution is 0.0729. The molecule has 5 rings (SSSR count). The smallest absolute Gasteiger partial charge is 0.290 e. The highest BCUT2D eigenvalue weighted by Crippen LogP contribution is 2.41. The number of nitrogens with zero attached hydrogens (tertiary/aromatic N) is 1. The molecule has 0 saturated carbocycles. The van der Waals surface area contributed by atoms with Gasteiger partial charge in [0.15, 0.2) is 28.4 Å². The number of rotatable bonds is 8. The van der Waals surface area contributed by atoms with E-state index in [2.05, 4.69) is 0 Å². The molecule has 1 amide bonds. The number of carbonyl (C=O) groups excluding carboxylic acids is 1. The van der Waals surface area contributed by atoms with Crippen LogP contribution in [0.3, 0.4) is 0 Å². The molecule has 4 aromatic rings. The highest BCUT2D eigenvalue weighted by Gasteiger charge is 2.42. The van der Waals surface area contributed by atoms with E-state index in [0.717, 1.165) is 16.7 Å². The van der Waals surface area contributed by atoms with Crippen LogP contribution in [-0.2, 0) is 6.42 Å². The third kappa shape index (κ3) is 4.56. The predicted octanol–water partition coefficient (Wildman–Crippen LogP) is 5.32. The van der Waals surface area contributed by atoms with Crippen LogP contribution in [0.25, 0.3) is 11.0 Å². The number of aromatic hydroxyl groups is 1. The molecule has 0 spiro atoms. The molecule has 0 bridgehead atoms. The van der Waals surface area contributed by atoms with Gasteiger partial charge in [0.25, 0.3) is 5.91 Å². The van der Waals surface area contributed by atoms with Crippen molar-refractivity contribution in [3.8, 4) is 23.0 Å². The zero-order valence-electron chi connectivity index (χ0n) is 22.7. The van der Waals surface area contributed by atoms with Crippen LogP contribution >= 0.6 is 0 Å². The predicted molar refractivity (Wildman–Crippen MR) is 147 cm³/mol. The minimum absolute atomic E-state index is 0.0151. The number of phenols is 1. The molecule has 8 nitrogen and oxygen atoms in total. The molecule has 1 N–H and O–H groups in total. The summed E-state index contributed by atoms with van der Waals surface area (Å²) in [6.45, 7) is 6.36. The normalized spacial score (nSPS) is 14.5. The highest BCUT2D eigenvalue weighted by atomic mass is 16.5. The van der Waals surface area contributed by atoms with Crippen molar-refractivity contribution in [1.82, 2.24) is 4.90 Å². The Morgan fingerprint density at radius 3 is 2.38 bits per heavy atom. The summed E-state index contributed by atoms with van der Waals surface area (Å²) in [5, 5.41) is 10.7. The van der Waals surface area contributed by atoms with E-state index in [1.54, 1.807) is 37.3 Å². The fourth-order valence-corrected chi connectivity index (χ4v) is 5.11. The van der Waals surface area contributed by atoms with E-state index in [9.17, 15) is 14.7 Å². The monoisotopic (exact) mass is 529 g/mol. The van der Waals surface area contributed by atoms with Crippen LogP contribution in [0.2, 0.25) is 0 Å². The fraction of sp³-hybridized carbons (Fsp3) is 0.290. The number of methoxy groups -OCH3 is 2. The summed E-state index contributed by atoms with van der Waals surface area (Å²) in [6, 6.07) is 13.4. The van der Waals surface area contributed by atoms with Crippen molar-refractivity contribution in [3.63, 3.8) is 0 Å². The lowest BCUT2D eigenvalue weighted by Crippen LogP contribution is -2.31. The Labute approximate surface area is 226 Å². The average molecular weight is 530 g/mol. The van der Waals surface area contributed by atoms with E-state index in [1.807, 2.05) is 45.0 Å². The first-order valence-corrected chi connectivity index (χ1v) is 12.8. The first-order chi connectivity index (χ1) is 18.8. The summed E-state index contributed by atoms with van der Waals surface area (Å²) in [5.74, 6) is 1.16. The van der Waals surface area contributed by atoms with Gasteiger partial charge in [0.05, 0.1) is 37.8 Å². The second kappa shape index (κ2) is 10.4. The summed E-state index contributed by atoms with van der Waals surface area (Å²) in [5.41, 5.74) is 3.94. The van der Waals surface area contributed by atoms with Crippen LogP contribution in [-0.4, -0.2) is 43.3 Å². The van der Waals surface area contributed by atoms with Crippen LogP contribution in [0.5, 0.6) is 23.0 Å². The molecular formula is C31H31NO7. The number of hydrogen-bond acceptors (Lipinski definition) is 7. The molecular weight excluding hydrogens is 498 g/mol. The van der Waals surface area contributed by atoms with E-state index < -0.39 is 6.04 Å². The third-order valence-electron chi connectivity index (χ3n) is 7.27. The Morgan fingerprint density at radius 2 is 1.67 bits per heavy atom. The van der Waals surface area contributed by atoms with Gasteiger partial charge in [-0.2, -0.15) is 0 Å². The van der Waals surface area contributed by atoms with Crippen molar-refractivity contribution in [2.24, 2.45) is 0 Å². The van der Waals surface area contributed by atoms with Crippen LogP contribution in [0.1, 0.15) is 51.3 Å². The molecule has 1 aliphatic heterocycles. The molecule has 1 aromatic heterocycles. The Hall–Kier alpha value is -4.46. The summed E-state index contributed by atoms with van der Waals surface area (Å²) >= 11 is 0. The van der Waals surface area contributed by atoms with Crippen molar-refractivity contribution in [1.29, 1.82) is 0 Å². The number of ether oxygens (including phenoxy) is 3. The first-order valence-electron chi connectivity index (χ1n) is 12.8. The van der Waals surface area contributed by atoms with Gasteiger partial charge in [-0.3, -0.25) is 9.59 Å². The molecule has 2 heterocycles. The number of benzene rings is 3. The number of aryl methyl sites for hydroxylation is 2. The average Bonchev–Trinajstić information content (AvgIpc) is 3.21. The lowest BCUT2D eigenvalue weighted by atomic mass is 9.97. The first kappa shape index (κ1) is 26.2. The highest BCUT2D eigenvalue weighted by molar-refractivity contribution is 5.99. The SMILES string of the molecule is CCOc1cc(C2c3c(oc4cc(C)c(C)cc4c3=O)C(=O)N2CCc2ccc(OC)c(OC)c2)ccc1O. The fourth-order valence-electron chi connectivity index (χ4n) is 5.11. The Morgan fingerprint density at radius 1 is 0.923 bits per heavy atom. The van der Waals surface area contributed by atoms with Gasteiger partial charge in [-0.25, -0.2) is 0 Å². The zero-order chi connectivity index (χ0) is 27.8. The Bertz CT molecular complexity index is 1640. The number of amides is 1. The molecule has 1 atom stereocenters. The molecule has 0 radical (unpaired) electrons. The minimum Gasteiger partial charge on any atom is -0.504 e. The zero-order valence-corrected chi connectivity index (χ0v) is 22.7. The minimum atomic E-state index is -0.713. The van der Waals surface area contributed by atoms with Crippen molar-refractivity contribution >= 4 is 16.9 Å². The number of hydrogen-bond donors (Lipinski definition) is 1. The van der Waals surface area contributed by atoms with Gasteiger partial charge in [0, 0.05) is 6.54 Å². The van der Waals surface area contributed by atoms with Crippen LogP contribution in [0, 0.1) is 13.8 Å². The van der Waals surface area contributed by atoms with Crippen molar-refractivity contribution < 1.29 is 28.5 Å². The van der Waals surface area contributed by atoms with Gasteiger partial charge in [0.2, 0.25) is 5.76 Å². The second-order valence-electron chi connectivity index (χ2n) is 9.61. The van der Waals surface area contributed by atoms with Gasteiger partial charge >= 0.3 is 0 Å². The van der Waals surface area contributed by atoms with Gasteiger partial charge < -0.3 is 28.6 Å². The van der Waals surface area contributed by atoms with Crippen LogP contribution in [0.4, 0.5) is 0 Å². The van der Waals surface area contributed by atoms with Gasteiger partial charge in [-0.1, -0.05) is 12.1 Å². The molecule has 0 aliphatic carbocycles. The molecule has 1 aliphatic rings. The van der Waals surface area contributed by atoms with Gasteiger partial charge in [-0.05, 0) is 85.8 Å². The maximum atomic E-state index is 13.9. The van der Waals surface area contributed by atoms with Crippen molar-refractivity contribution in [2.75, 3.05) is 27.4 Å². The lowest BCUT2D eigenvalue weighted by Gasteiger charge is -2.26. The number of fused-ring (bicyclic) bond motifs is 2. The summed E-state index contributed by atoms with van der Waals surface area (Å²) < 4.78 is 22.5. The quantitative estimate of drug-likeness (QED) is 0.330. The molecule has 0 fully saturated rings. The molecule has 0 saturated heterocycles. The van der Waals surface area contributed by atoms with E-state index in [1.165, 1.54) is 6.07 Å². The van der Waals surface area contributed by atoms with E-state index in [4.69, 9.17) is 18.6 Å². The third-order valence-corrected chi connectivity index (χ3v) is 7.27. The maximum absolute atomic E-state index is 13.9. The number of carbonyl (C=O) groups is 1. The topological polar surface area (TPSA) is 98.4 Å². The molecule has 202 valence electrons. The summed E-state index contributed by atoms with van der Waals surface area (Å²) in [4.78, 5) is 29.4. The molecule has 3 aromatic carbocycles. The molecule has 1 unspecified atom stereocenters. The Kier molecular flexibility index (Phi) is 6.95. The van der Waals surface area contributed by atoms with Gasteiger partial charge in [0.1, 0.15) is 5.58 Å². The maximum Gasteiger partial charge on any atom is 0.290 e. The Balaban J connectivity index is 1.63. The van der Waals surface area contributed by atoms with Gasteiger partial charge in [-0.15, -0.1) is 0 Å². The van der Waals surface area contributed by atoms with E-state index in [0.29, 0.717) is 47.6 Å². The largest absolute Gasteiger partial charge is 0.504 e. The van der Waals surface area contributed by atoms with E-state index in [-0.39, 0.29) is 34.2 Å². The summed E-state index contributed by atoms with van der Waals surface area (Å²) in [6.07, 6.45) is 0.499. The standard InChI is InChI=1S/C31H31NO7/c1-6-38-25-16-20(8-9-22(25)33)28-27-29(34)21-13-17(2)18(3)14-24(21)39-30(27)31(35)32(28)12-11-19-7-10-23(36-4)26(15-19)37-5/h7-10,13-16,28,33H,6,11-12H2,1-5H3. The van der Waals surface area contributed by atoms with Crippen LogP contribution in [0.15, 0.2) is 57.7 Å². The number of phenolic OH excluding ortho intramolecular Hbond substituents is 1. The second-order valence-corrected chi connectivity index (χ2v) is 9.61. The summed E-state index contributed by atoms with van der Waals surface area (Å²) in [7, 11) is 3.15.